The zero-order valence-electron chi connectivity index (χ0n) is 16.5. The van der Waals surface area contributed by atoms with E-state index in [1.54, 1.807) is 6.92 Å². The summed E-state index contributed by atoms with van der Waals surface area (Å²) in [6.45, 7) is 8.85. The fraction of sp³-hybridized carbons (Fsp3) is 0.632. The van der Waals surface area contributed by atoms with Crippen LogP contribution in [-0.4, -0.2) is 55.1 Å². The molecule has 8 heteroatoms. The first-order chi connectivity index (χ1) is 12.9. The number of benzene rings is 1. The van der Waals surface area contributed by atoms with Gasteiger partial charge in [0.25, 0.3) is 11.6 Å². The summed E-state index contributed by atoms with van der Waals surface area (Å²) in [6, 6.07) is 2.78. The fourth-order valence-corrected chi connectivity index (χ4v) is 3.40. The standard InChI is InChI=1S/C19H29N3O5/c1-5-27-18-10-16(22(24)25)15(9-17(18)26-4)19(23)20-11-14(3)21-8-6-7-13(2)12-21/h9-10,13-14H,5-8,11-12H2,1-4H3,(H,20,23)/t13-,14-/m1/s1. The van der Waals surface area contributed by atoms with E-state index >= 15 is 0 Å². The van der Waals surface area contributed by atoms with Crippen LogP contribution in [0, 0.1) is 16.0 Å². The van der Waals surface area contributed by atoms with Crippen LogP contribution in [0.5, 0.6) is 11.5 Å². The number of carbonyl (C=O) groups excluding carboxylic acids is 1. The lowest BCUT2D eigenvalue weighted by Crippen LogP contribution is -2.46. The monoisotopic (exact) mass is 379 g/mol. The van der Waals surface area contributed by atoms with Gasteiger partial charge in [0.2, 0.25) is 0 Å². The number of ether oxygens (including phenoxy) is 2. The molecule has 0 aromatic heterocycles. The zero-order chi connectivity index (χ0) is 20.0. The van der Waals surface area contributed by atoms with Gasteiger partial charge in [0.1, 0.15) is 5.56 Å². The number of carbonyl (C=O) groups is 1. The maximum atomic E-state index is 12.6. The van der Waals surface area contributed by atoms with E-state index in [2.05, 4.69) is 24.1 Å². The molecule has 0 radical (unpaired) electrons. The molecule has 1 N–H and O–H groups in total. The van der Waals surface area contributed by atoms with Gasteiger partial charge in [-0.05, 0) is 39.2 Å². The summed E-state index contributed by atoms with van der Waals surface area (Å²) < 4.78 is 10.6. The van der Waals surface area contributed by atoms with Crippen LogP contribution in [0.4, 0.5) is 5.69 Å². The summed E-state index contributed by atoms with van der Waals surface area (Å²) in [5, 5.41) is 14.3. The highest BCUT2D eigenvalue weighted by molar-refractivity contribution is 5.99. The predicted octanol–water partition coefficient (Wildman–Crippen LogP) is 2.85. The summed E-state index contributed by atoms with van der Waals surface area (Å²) in [5.74, 6) is 0.706. The van der Waals surface area contributed by atoms with Gasteiger partial charge in [-0.25, -0.2) is 0 Å². The van der Waals surface area contributed by atoms with Crippen molar-refractivity contribution >= 4 is 11.6 Å². The van der Waals surface area contributed by atoms with Gasteiger partial charge in [-0.15, -0.1) is 0 Å². The summed E-state index contributed by atoms with van der Waals surface area (Å²) in [7, 11) is 1.44. The van der Waals surface area contributed by atoms with Crippen LogP contribution in [0.3, 0.4) is 0 Å². The number of nitrogens with one attached hydrogen (secondary N) is 1. The van der Waals surface area contributed by atoms with E-state index in [9.17, 15) is 14.9 Å². The molecule has 1 heterocycles. The van der Waals surface area contributed by atoms with Crippen molar-refractivity contribution in [3.63, 3.8) is 0 Å². The number of nitrogens with zero attached hydrogens (tertiary/aromatic N) is 2. The first kappa shape index (κ1) is 21.0. The highest BCUT2D eigenvalue weighted by atomic mass is 16.6. The van der Waals surface area contributed by atoms with E-state index in [1.165, 1.54) is 25.7 Å². The number of likely N-dealkylation sites (tertiary alicyclic amines) is 1. The van der Waals surface area contributed by atoms with E-state index in [0.29, 0.717) is 24.8 Å². The van der Waals surface area contributed by atoms with Crippen LogP contribution in [0.15, 0.2) is 12.1 Å². The Bertz CT molecular complexity index is 680. The smallest absolute Gasteiger partial charge is 0.286 e. The van der Waals surface area contributed by atoms with E-state index in [4.69, 9.17) is 9.47 Å². The second kappa shape index (κ2) is 9.55. The lowest BCUT2D eigenvalue weighted by atomic mass is 9.99. The van der Waals surface area contributed by atoms with Gasteiger partial charge in [-0.2, -0.15) is 0 Å². The van der Waals surface area contributed by atoms with Crippen molar-refractivity contribution in [2.75, 3.05) is 33.4 Å². The SMILES string of the molecule is CCOc1cc([N+](=O)[O-])c(C(=O)NC[C@@H](C)N2CCC[C@@H](C)C2)cc1OC. The zero-order valence-corrected chi connectivity index (χ0v) is 16.5. The topological polar surface area (TPSA) is 93.9 Å². The fourth-order valence-electron chi connectivity index (χ4n) is 3.40. The van der Waals surface area contributed by atoms with Crippen molar-refractivity contribution in [1.29, 1.82) is 0 Å². The van der Waals surface area contributed by atoms with E-state index in [0.717, 1.165) is 19.5 Å². The lowest BCUT2D eigenvalue weighted by Gasteiger charge is -2.35. The summed E-state index contributed by atoms with van der Waals surface area (Å²) >= 11 is 0. The van der Waals surface area contributed by atoms with Crippen molar-refractivity contribution in [3.8, 4) is 11.5 Å². The second-order valence-corrected chi connectivity index (χ2v) is 7.01. The molecule has 1 aliphatic rings. The average molecular weight is 379 g/mol. The van der Waals surface area contributed by atoms with Crippen LogP contribution in [0.25, 0.3) is 0 Å². The van der Waals surface area contributed by atoms with Crippen molar-refractivity contribution in [2.24, 2.45) is 5.92 Å². The molecule has 1 aromatic rings. The summed E-state index contributed by atoms with van der Waals surface area (Å²) in [4.78, 5) is 25.8. The van der Waals surface area contributed by atoms with E-state index in [1.807, 2.05) is 0 Å². The third kappa shape index (κ3) is 5.32. The third-order valence-electron chi connectivity index (χ3n) is 4.89. The molecule has 0 saturated carbocycles. The molecule has 27 heavy (non-hydrogen) atoms. The van der Waals surface area contributed by atoms with Crippen LogP contribution >= 0.6 is 0 Å². The van der Waals surface area contributed by atoms with Crippen LogP contribution in [0.2, 0.25) is 0 Å². The molecule has 2 atom stereocenters. The van der Waals surface area contributed by atoms with Gasteiger partial charge >= 0.3 is 0 Å². The molecule has 0 aliphatic carbocycles. The van der Waals surface area contributed by atoms with Crippen molar-refractivity contribution in [2.45, 2.75) is 39.7 Å². The van der Waals surface area contributed by atoms with Crippen molar-refractivity contribution in [1.82, 2.24) is 10.2 Å². The molecule has 0 bridgehead atoms. The van der Waals surface area contributed by atoms with Crippen LogP contribution in [-0.2, 0) is 0 Å². The molecule has 1 fully saturated rings. The minimum absolute atomic E-state index is 0.0282. The molecule has 150 valence electrons. The minimum atomic E-state index is -0.577. The Morgan fingerprint density at radius 2 is 2.19 bits per heavy atom. The van der Waals surface area contributed by atoms with Gasteiger partial charge in [0.05, 0.1) is 24.7 Å². The van der Waals surface area contributed by atoms with Gasteiger partial charge in [0.15, 0.2) is 11.5 Å². The van der Waals surface area contributed by atoms with Crippen molar-refractivity contribution in [3.05, 3.63) is 27.8 Å². The normalized spacial score (nSPS) is 18.6. The molecule has 0 spiro atoms. The van der Waals surface area contributed by atoms with E-state index < -0.39 is 10.8 Å². The Hall–Kier alpha value is -2.35. The molecular formula is C19H29N3O5. The molecule has 0 unspecified atom stereocenters. The number of piperidine rings is 1. The number of hydrogen-bond acceptors (Lipinski definition) is 6. The Kier molecular flexibility index (Phi) is 7.41. The molecule has 8 nitrogen and oxygen atoms in total. The van der Waals surface area contributed by atoms with Crippen LogP contribution < -0.4 is 14.8 Å². The number of nitro benzene ring substituents is 1. The number of hydrogen-bond donors (Lipinski definition) is 1. The minimum Gasteiger partial charge on any atom is -0.493 e. The maximum absolute atomic E-state index is 12.6. The van der Waals surface area contributed by atoms with Gasteiger partial charge in [-0.3, -0.25) is 19.8 Å². The van der Waals surface area contributed by atoms with Crippen molar-refractivity contribution < 1.29 is 19.2 Å². The maximum Gasteiger partial charge on any atom is 0.286 e. The molecule has 1 aromatic carbocycles. The van der Waals surface area contributed by atoms with Gasteiger partial charge in [-0.1, -0.05) is 6.92 Å². The highest BCUT2D eigenvalue weighted by Crippen LogP contribution is 2.34. The van der Waals surface area contributed by atoms with E-state index in [-0.39, 0.29) is 23.0 Å². The first-order valence-electron chi connectivity index (χ1n) is 9.38. The Morgan fingerprint density at radius 1 is 1.44 bits per heavy atom. The first-order valence-corrected chi connectivity index (χ1v) is 9.38. The molecule has 1 amide bonds. The third-order valence-corrected chi connectivity index (χ3v) is 4.89. The average Bonchev–Trinajstić information content (AvgIpc) is 2.65. The number of rotatable bonds is 8. The van der Waals surface area contributed by atoms with Gasteiger partial charge < -0.3 is 14.8 Å². The lowest BCUT2D eigenvalue weighted by molar-refractivity contribution is -0.385. The Balaban J connectivity index is 2.13. The van der Waals surface area contributed by atoms with Gasteiger partial charge in [0, 0.05) is 25.2 Å². The molecule has 1 aliphatic heterocycles. The van der Waals surface area contributed by atoms with Crippen LogP contribution in [0.1, 0.15) is 44.0 Å². The Morgan fingerprint density at radius 3 is 2.78 bits per heavy atom. The molecular weight excluding hydrogens is 350 g/mol. The Labute approximate surface area is 160 Å². The number of nitro groups is 1. The molecule has 1 saturated heterocycles. The molecule has 2 rings (SSSR count). The second-order valence-electron chi connectivity index (χ2n) is 7.01. The summed E-state index contributed by atoms with van der Waals surface area (Å²) in [5.41, 5.74) is -0.324. The predicted molar refractivity (Wildman–Crippen MR) is 103 cm³/mol. The summed E-state index contributed by atoms with van der Waals surface area (Å²) in [6.07, 6.45) is 2.38. The largest absolute Gasteiger partial charge is 0.493 e. The highest BCUT2D eigenvalue weighted by Gasteiger charge is 2.26. The number of amides is 1. The quantitative estimate of drug-likeness (QED) is 0.551. The number of methoxy groups -OCH3 is 1.